The van der Waals surface area contributed by atoms with Gasteiger partial charge < -0.3 is 46.5 Å². The summed E-state index contributed by atoms with van der Waals surface area (Å²) >= 11 is 0. The SMILES string of the molecule is CC(C)[C@H](NC(=O)CCCCCN1C(=O)CCC1=O)C(=O)C[C@@H](C)C(=O)N[C@@H](CCC(=O)CCCNC(=O)[C@@H](N)CCN(C(=O)CO)[C@@H](c1cc(-c2cc(F)ccc2F)cn1Cc1ccccc1)C(C)(C)C)C(=O)O.O=C(O)C(F)(F)F. The van der Waals surface area contributed by atoms with Crippen LogP contribution in [0.4, 0.5) is 22.0 Å². The number of likely N-dealkylation sites (tertiary alicyclic amines) is 1. The summed E-state index contributed by atoms with van der Waals surface area (Å²) in [4.78, 5) is 126. The van der Waals surface area contributed by atoms with Crippen molar-refractivity contribution < 1.29 is 85.2 Å². The zero-order chi connectivity index (χ0) is 61.6. The number of halogens is 5. The minimum atomic E-state index is -5.08. The van der Waals surface area contributed by atoms with Gasteiger partial charge in [0, 0.05) is 93.6 Å². The second kappa shape index (κ2) is 32.3. The zero-order valence-corrected chi connectivity index (χ0v) is 47.0. The number of ketones is 2. The number of amides is 6. The number of aliphatic carboxylic acids is 2. The molecule has 5 atom stereocenters. The number of carboxylic acids is 2. The highest BCUT2D eigenvalue weighted by Gasteiger charge is 2.39. The van der Waals surface area contributed by atoms with Gasteiger partial charge in [-0.3, -0.25) is 43.3 Å². The van der Waals surface area contributed by atoms with Crippen LogP contribution in [0, 0.1) is 28.9 Å². The van der Waals surface area contributed by atoms with Crippen LogP contribution >= 0.6 is 0 Å². The van der Waals surface area contributed by atoms with E-state index in [0.717, 1.165) is 23.8 Å². The number of unbranched alkanes of at least 4 members (excludes halogenated alkanes) is 2. The maximum Gasteiger partial charge on any atom is 0.490 e. The van der Waals surface area contributed by atoms with Crippen LogP contribution in [0.5, 0.6) is 0 Å². The van der Waals surface area contributed by atoms with Gasteiger partial charge in [0.1, 0.15) is 30.1 Å². The number of alkyl halides is 3. The number of Topliss-reactive ketones (excluding diaryl/α,β-unsaturated/α-hetero) is 2. The van der Waals surface area contributed by atoms with Crippen LogP contribution in [-0.4, -0.2) is 139 Å². The number of carboxylic acid groups (broad SMARTS) is 2. The molecule has 0 saturated carbocycles. The van der Waals surface area contributed by atoms with Crippen LogP contribution < -0.4 is 21.7 Å². The lowest BCUT2D eigenvalue weighted by Crippen LogP contribution is -2.47. The quantitative estimate of drug-likeness (QED) is 0.0221. The van der Waals surface area contributed by atoms with E-state index in [1.54, 1.807) is 26.1 Å². The smallest absolute Gasteiger partial charge is 0.480 e. The number of nitrogens with two attached hydrogens (primary N) is 1. The van der Waals surface area contributed by atoms with Crippen LogP contribution in [0.25, 0.3) is 11.1 Å². The van der Waals surface area contributed by atoms with Crippen molar-refractivity contribution in [2.75, 3.05) is 26.2 Å². The number of aliphatic hydroxyl groups excluding tert-OH is 1. The molecular formula is C57H76F5N7O13. The fourth-order valence-corrected chi connectivity index (χ4v) is 9.13. The first-order chi connectivity index (χ1) is 38.3. The van der Waals surface area contributed by atoms with Gasteiger partial charge in [0.15, 0.2) is 5.78 Å². The maximum absolute atomic E-state index is 15.1. The lowest BCUT2D eigenvalue weighted by molar-refractivity contribution is -0.192. The first kappa shape index (κ1) is 68.9. The van der Waals surface area contributed by atoms with E-state index in [1.807, 2.05) is 55.7 Å². The van der Waals surface area contributed by atoms with Gasteiger partial charge in [0.2, 0.25) is 35.4 Å². The van der Waals surface area contributed by atoms with E-state index < -0.39 is 95.4 Å². The number of hydrogen-bond donors (Lipinski definition) is 7. The Labute approximate surface area is 472 Å². The van der Waals surface area contributed by atoms with Gasteiger partial charge in [-0.25, -0.2) is 18.4 Å². The molecule has 2 aromatic carbocycles. The number of rotatable bonds is 31. The monoisotopic (exact) mass is 1160 g/mol. The van der Waals surface area contributed by atoms with Gasteiger partial charge in [0.25, 0.3) is 0 Å². The average molecular weight is 1160 g/mol. The molecule has 4 rings (SSSR count). The highest BCUT2D eigenvalue weighted by molar-refractivity contribution is 6.02. The second-order valence-electron chi connectivity index (χ2n) is 21.6. The summed E-state index contributed by atoms with van der Waals surface area (Å²) < 4.78 is 63.1. The van der Waals surface area contributed by atoms with Crippen LogP contribution in [0.3, 0.4) is 0 Å². The summed E-state index contributed by atoms with van der Waals surface area (Å²) in [7, 11) is 0. The molecule has 1 aromatic heterocycles. The summed E-state index contributed by atoms with van der Waals surface area (Å²) in [6.07, 6.45) is -1.80. The van der Waals surface area contributed by atoms with Crippen LogP contribution in [-0.2, 0) is 54.5 Å². The molecule has 2 heterocycles. The molecule has 1 fully saturated rings. The summed E-state index contributed by atoms with van der Waals surface area (Å²) in [5.41, 5.74) is 7.50. The molecular weight excluding hydrogens is 1090 g/mol. The first-order valence-corrected chi connectivity index (χ1v) is 27.0. The number of carbonyl (C=O) groups excluding carboxylic acids is 8. The van der Waals surface area contributed by atoms with Gasteiger partial charge in [-0.1, -0.05) is 78.3 Å². The third kappa shape index (κ3) is 22.2. The van der Waals surface area contributed by atoms with Crippen molar-refractivity contribution in [2.45, 2.75) is 155 Å². The highest BCUT2D eigenvalue weighted by atomic mass is 19.4. The molecule has 0 spiro atoms. The van der Waals surface area contributed by atoms with E-state index in [-0.39, 0.29) is 106 Å². The number of carbonyl (C=O) groups is 10. The molecule has 0 unspecified atom stereocenters. The summed E-state index contributed by atoms with van der Waals surface area (Å²) in [6, 6.07) is 10.1. The summed E-state index contributed by atoms with van der Waals surface area (Å²) in [5.74, 6) is -10.1. The largest absolute Gasteiger partial charge is 0.490 e. The van der Waals surface area contributed by atoms with E-state index >= 15 is 4.39 Å². The van der Waals surface area contributed by atoms with E-state index in [0.29, 0.717) is 43.6 Å². The Kier molecular flexibility index (Phi) is 27.1. The standard InChI is InChI=1S/C55H75F2N7O11.C2HF3O2/c1-34(2)50(61-46(68)17-11-8-12-26-63-47(69)22-23-48(63)70)45(67)28-35(3)52(72)60-43(54(74)75)21-19-39(66)16-13-25-59-53(73)42(58)24-27-64(49(71)33-65)51(55(4,5)6)44-29-37(40-30-38(56)18-20-41(40)57)32-62(44)31-36-14-9-7-10-15-36;3-2(4,5)1(6)7/h7,9-10,14-15,18,20,29-30,32,34-35,42-43,50-51,65H,8,11-13,16-17,19,21-28,31,33,58H2,1-6H3,(H,59,73)(H,60,72)(H,61,68)(H,74,75);(H,6,7)/t35-,42+,43+,50+,51+;/m1./s1. The molecule has 82 heavy (non-hydrogen) atoms. The Balaban J connectivity index is 0.00000236. The first-order valence-electron chi connectivity index (χ1n) is 27.0. The van der Waals surface area contributed by atoms with Gasteiger partial charge in [-0.15, -0.1) is 0 Å². The zero-order valence-electron chi connectivity index (χ0n) is 47.0. The van der Waals surface area contributed by atoms with E-state index in [4.69, 9.17) is 15.6 Å². The van der Waals surface area contributed by atoms with E-state index in [1.165, 1.54) is 16.7 Å². The van der Waals surface area contributed by atoms with Crippen molar-refractivity contribution in [2.24, 2.45) is 23.0 Å². The second-order valence-corrected chi connectivity index (χ2v) is 21.6. The Morgan fingerprint density at radius 1 is 0.793 bits per heavy atom. The Morgan fingerprint density at radius 2 is 1.43 bits per heavy atom. The van der Waals surface area contributed by atoms with Crippen LogP contribution in [0.2, 0.25) is 0 Å². The van der Waals surface area contributed by atoms with E-state index in [2.05, 4.69) is 16.0 Å². The van der Waals surface area contributed by atoms with Gasteiger partial charge in [-0.05, 0) is 73.3 Å². The van der Waals surface area contributed by atoms with Crippen LogP contribution in [0.15, 0.2) is 60.8 Å². The minimum Gasteiger partial charge on any atom is -0.480 e. The predicted molar refractivity (Wildman–Crippen MR) is 289 cm³/mol. The van der Waals surface area contributed by atoms with Gasteiger partial charge in [0.05, 0.1) is 18.1 Å². The molecule has 1 saturated heterocycles. The molecule has 1 aliphatic heterocycles. The van der Waals surface area contributed by atoms with Crippen molar-refractivity contribution in [3.8, 4) is 11.1 Å². The normalized spacial score (nSPS) is 14.4. The van der Waals surface area contributed by atoms with Crippen molar-refractivity contribution >= 4 is 58.9 Å². The molecule has 25 heteroatoms. The molecule has 0 radical (unpaired) electrons. The molecule has 0 bridgehead atoms. The predicted octanol–water partition coefficient (Wildman–Crippen LogP) is 6.00. The average Bonchev–Trinajstić information content (AvgIpc) is 4.18. The maximum atomic E-state index is 15.1. The fourth-order valence-electron chi connectivity index (χ4n) is 9.13. The third-order valence-electron chi connectivity index (χ3n) is 13.5. The number of nitrogens with zero attached hydrogens (tertiary/aromatic N) is 3. The molecule has 1 aliphatic rings. The third-order valence-corrected chi connectivity index (χ3v) is 13.5. The Bertz CT molecular complexity index is 2700. The molecule has 8 N–H and O–H groups in total. The number of imide groups is 1. The number of hydrogen-bond acceptors (Lipinski definition) is 12. The number of aromatic nitrogens is 1. The Morgan fingerprint density at radius 3 is 2.00 bits per heavy atom. The molecule has 452 valence electrons. The fraction of sp³-hybridized carbons (Fsp3) is 0.544. The van der Waals surface area contributed by atoms with Gasteiger partial charge >= 0.3 is 18.1 Å². The number of aliphatic hydroxyl groups is 1. The van der Waals surface area contributed by atoms with Crippen molar-refractivity contribution in [3.05, 3.63) is 83.7 Å². The number of nitrogens with one attached hydrogen (secondary N) is 3. The summed E-state index contributed by atoms with van der Waals surface area (Å²) in [6.45, 7) is 10.4. The molecule has 0 aliphatic carbocycles. The minimum absolute atomic E-state index is 0.0266. The van der Waals surface area contributed by atoms with Crippen molar-refractivity contribution in [1.29, 1.82) is 0 Å². The lowest BCUT2D eigenvalue weighted by Gasteiger charge is -2.41. The lowest BCUT2D eigenvalue weighted by atomic mass is 9.82. The van der Waals surface area contributed by atoms with Crippen molar-refractivity contribution in [3.63, 3.8) is 0 Å². The van der Waals surface area contributed by atoms with Gasteiger partial charge in [-0.2, -0.15) is 13.2 Å². The molecule has 6 amide bonds. The van der Waals surface area contributed by atoms with Crippen molar-refractivity contribution in [1.82, 2.24) is 30.3 Å². The Hall–Kier alpha value is -7.41. The number of benzene rings is 2. The molecule has 20 nitrogen and oxygen atoms in total. The molecule has 3 aromatic rings. The summed E-state index contributed by atoms with van der Waals surface area (Å²) in [5, 5.41) is 35.0. The highest BCUT2D eigenvalue weighted by Crippen LogP contribution is 2.41. The topological polar surface area (TPSA) is 305 Å². The van der Waals surface area contributed by atoms with E-state index in [9.17, 15) is 70.9 Å². The van der Waals surface area contributed by atoms with Crippen LogP contribution in [0.1, 0.15) is 136 Å².